The van der Waals surface area contributed by atoms with E-state index in [9.17, 15) is 4.79 Å². The summed E-state index contributed by atoms with van der Waals surface area (Å²) in [6.45, 7) is 6.67. The van der Waals surface area contributed by atoms with Crippen molar-refractivity contribution in [3.05, 3.63) is 34.9 Å². The van der Waals surface area contributed by atoms with Gasteiger partial charge in [0.15, 0.2) is 5.96 Å². The third kappa shape index (κ3) is 9.59. The summed E-state index contributed by atoms with van der Waals surface area (Å²) in [7, 11) is 5.73. The van der Waals surface area contributed by atoms with Crippen LogP contribution in [0.1, 0.15) is 32.4 Å². The van der Waals surface area contributed by atoms with Gasteiger partial charge in [-0.3, -0.25) is 9.79 Å². The minimum atomic E-state index is -0.250. The van der Waals surface area contributed by atoms with Crippen molar-refractivity contribution in [3.63, 3.8) is 0 Å². The zero-order chi connectivity index (χ0) is 19.0. The maximum atomic E-state index is 11.9. The summed E-state index contributed by atoms with van der Waals surface area (Å²) in [6, 6.07) is 7.96. The number of nitrogens with one attached hydrogen (secondary N) is 3. The topological polar surface area (TPSA) is 68.8 Å². The number of rotatable bonds is 6. The van der Waals surface area contributed by atoms with Crippen LogP contribution in [0, 0.1) is 0 Å². The molecule has 0 aliphatic heterocycles. The van der Waals surface area contributed by atoms with Crippen molar-refractivity contribution in [1.29, 1.82) is 0 Å². The molecule has 0 aliphatic rings. The lowest BCUT2D eigenvalue weighted by atomic mass is 10.1. The van der Waals surface area contributed by atoms with Crippen LogP contribution in [0.25, 0.3) is 0 Å². The molecule has 0 aliphatic carbocycles. The minimum absolute atomic E-state index is 0. The lowest BCUT2D eigenvalue weighted by molar-refractivity contribution is -0.121. The molecular formula is C18H31ClIN5O. The summed E-state index contributed by atoms with van der Waals surface area (Å²) < 4.78 is 0. The van der Waals surface area contributed by atoms with Crippen molar-refractivity contribution in [2.45, 2.75) is 32.4 Å². The predicted octanol–water partition coefficient (Wildman–Crippen LogP) is 2.64. The smallest absolute Gasteiger partial charge is 0.239 e. The van der Waals surface area contributed by atoms with Gasteiger partial charge in [0, 0.05) is 24.2 Å². The summed E-state index contributed by atoms with van der Waals surface area (Å²) in [5.74, 6) is 0.516. The van der Waals surface area contributed by atoms with Crippen molar-refractivity contribution in [2.75, 3.05) is 34.2 Å². The van der Waals surface area contributed by atoms with Crippen LogP contribution in [0.4, 0.5) is 0 Å². The predicted molar refractivity (Wildman–Crippen MR) is 121 cm³/mol. The highest BCUT2D eigenvalue weighted by atomic mass is 127. The van der Waals surface area contributed by atoms with Gasteiger partial charge in [-0.2, -0.15) is 0 Å². The van der Waals surface area contributed by atoms with E-state index in [1.54, 1.807) is 7.05 Å². The molecule has 0 fully saturated rings. The Morgan fingerprint density at radius 2 is 1.77 bits per heavy atom. The number of amides is 1. The zero-order valence-electron chi connectivity index (χ0n) is 16.4. The van der Waals surface area contributed by atoms with Crippen molar-refractivity contribution in [2.24, 2.45) is 4.99 Å². The second kappa shape index (κ2) is 11.6. The van der Waals surface area contributed by atoms with E-state index in [0.29, 0.717) is 12.5 Å². The largest absolute Gasteiger partial charge is 0.354 e. The molecule has 148 valence electrons. The molecule has 26 heavy (non-hydrogen) atoms. The minimum Gasteiger partial charge on any atom is -0.354 e. The lowest BCUT2D eigenvalue weighted by Gasteiger charge is -2.26. The summed E-state index contributed by atoms with van der Waals surface area (Å²) in [5.41, 5.74) is 0.906. The Hall–Kier alpha value is -1.06. The molecule has 3 N–H and O–H groups in total. The molecule has 0 radical (unpaired) electrons. The first kappa shape index (κ1) is 24.9. The average molecular weight is 496 g/mol. The van der Waals surface area contributed by atoms with Crippen LogP contribution in [0.3, 0.4) is 0 Å². The van der Waals surface area contributed by atoms with Gasteiger partial charge in [-0.1, -0.05) is 23.7 Å². The molecule has 0 aromatic heterocycles. The molecule has 0 heterocycles. The van der Waals surface area contributed by atoms with E-state index in [1.165, 1.54) is 0 Å². The molecule has 0 spiro atoms. The number of hydrogen-bond donors (Lipinski definition) is 3. The van der Waals surface area contributed by atoms with Crippen LogP contribution in [0.15, 0.2) is 29.3 Å². The molecule has 1 amide bonds. The lowest BCUT2D eigenvalue weighted by Crippen LogP contribution is -2.49. The number of likely N-dealkylation sites (N-methyl/N-ethyl adjacent to an activating group) is 1. The second-order valence-corrected chi connectivity index (χ2v) is 7.57. The Morgan fingerprint density at radius 3 is 2.23 bits per heavy atom. The molecule has 1 unspecified atom stereocenters. The van der Waals surface area contributed by atoms with Crippen LogP contribution < -0.4 is 16.0 Å². The molecule has 1 aromatic carbocycles. The van der Waals surface area contributed by atoms with E-state index in [2.05, 4.69) is 25.8 Å². The highest BCUT2D eigenvalue weighted by Gasteiger charge is 2.16. The van der Waals surface area contributed by atoms with Crippen LogP contribution in [-0.4, -0.2) is 56.5 Å². The number of guanidine groups is 1. The number of aliphatic imine (C=N–C) groups is 1. The van der Waals surface area contributed by atoms with Gasteiger partial charge in [0.05, 0.1) is 12.6 Å². The molecule has 1 rings (SSSR count). The summed E-state index contributed by atoms with van der Waals surface area (Å²) in [5, 5.41) is 9.93. The first-order valence-electron chi connectivity index (χ1n) is 8.30. The van der Waals surface area contributed by atoms with Crippen LogP contribution >= 0.6 is 35.6 Å². The Balaban J connectivity index is 0.00000625. The first-order valence-corrected chi connectivity index (χ1v) is 8.67. The van der Waals surface area contributed by atoms with Gasteiger partial charge in [0.2, 0.25) is 5.91 Å². The number of hydrogen-bond acceptors (Lipinski definition) is 3. The summed E-state index contributed by atoms with van der Waals surface area (Å²) in [4.78, 5) is 18.2. The van der Waals surface area contributed by atoms with E-state index >= 15 is 0 Å². The number of benzene rings is 1. The van der Waals surface area contributed by atoms with Crippen LogP contribution in [0.2, 0.25) is 5.02 Å². The van der Waals surface area contributed by atoms with Crippen LogP contribution in [0.5, 0.6) is 0 Å². The van der Waals surface area contributed by atoms with E-state index in [1.807, 2.05) is 59.1 Å². The average Bonchev–Trinajstić information content (AvgIpc) is 2.50. The van der Waals surface area contributed by atoms with E-state index in [0.717, 1.165) is 10.6 Å². The van der Waals surface area contributed by atoms with Gasteiger partial charge in [-0.25, -0.2) is 0 Å². The fourth-order valence-corrected chi connectivity index (χ4v) is 2.45. The Labute approximate surface area is 179 Å². The normalized spacial score (nSPS) is 13.0. The summed E-state index contributed by atoms with van der Waals surface area (Å²) >= 11 is 5.97. The SMILES string of the molecule is CN=C(NCC(=O)NC(C)(C)C)NCC(c1ccc(Cl)cc1)N(C)C.I. The van der Waals surface area contributed by atoms with E-state index in [4.69, 9.17) is 11.6 Å². The van der Waals surface area contributed by atoms with Crippen molar-refractivity contribution >= 4 is 47.4 Å². The van der Waals surface area contributed by atoms with Gasteiger partial charge >= 0.3 is 0 Å². The monoisotopic (exact) mass is 495 g/mol. The molecule has 1 atom stereocenters. The van der Waals surface area contributed by atoms with Crippen molar-refractivity contribution < 1.29 is 4.79 Å². The number of carbonyl (C=O) groups excluding carboxylic acids is 1. The third-order valence-electron chi connectivity index (χ3n) is 3.50. The molecular weight excluding hydrogens is 465 g/mol. The molecule has 0 saturated heterocycles. The molecule has 8 heteroatoms. The fourth-order valence-electron chi connectivity index (χ4n) is 2.32. The van der Waals surface area contributed by atoms with Crippen molar-refractivity contribution in [3.8, 4) is 0 Å². The van der Waals surface area contributed by atoms with Gasteiger partial charge in [-0.05, 0) is 52.6 Å². The molecule has 0 saturated carbocycles. The Bertz CT molecular complexity index is 584. The molecule has 6 nitrogen and oxygen atoms in total. The first-order chi connectivity index (χ1) is 11.6. The van der Waals surface area contributed by atoms with Crippen molar-refractivity contribution in [1.82, 2.24) is 20.9 Å². The maximum Gasteiger partial charge on any atom is 0.239 e. The van der Waals surface area contributed by atoms with E-state index < -0.39 is 0 Å². The highest BCUT2D eigenvalue weighted by molar-refractivity contribution is 14.0. The zero-order valence-corrected chi connectivity index (χ0v) is 19.5. The maximum absolute atomic E-state index is 11.9. The highest BCUT2D eigenvalue weighted by Crippen LogP contribution is 2.19. The number of carbonyl (C=O) groups is 1. The Morgan fingerprint density at radius 1 is 1.19 bits per heavy atom. The van der Waals surface area contributed by atoms with Gasteiger partial charge < -0.3 is 20.9 Å². The molecule has 1 aromatic rings. The summed E-state index contributed by atoms with van der Waals surface area (Å²) in [6.07, 6.45) is 0. The van der Waals surface area contributed by atoms with Gasteiger partial charge in [-0.15, -0.1) is 24.0 Å². The van der Waals surface area contributed by atoms with E-state index in [-0.39, 0.29) is 48.0 Å². The standard InChI is InChI=1S/C18H30ClN5O.HI/c1-18(2,3)23-16(25)12-22-17(20-4)21-11-15(24(5)6)13-7-9-14(19)10-8-13;/h7-10,15H,11-12H2,1-6H3,(H,23,25)(H2,20,21,22);1H. The quantitative estimate of drug-likeness (QED) is 0.322. The number of nitrogens with zero attached hydrogens (tertiary/aromatic N) is 2. The third-order valence-corrected chi connectivity index (χ3v) is 3.75. The van der Waals surface area contributed by atoms with Gasteiger partial charge in [0.25, 0.3) is 0 Å². The second-order valence-electron chi connectivity index (χ2n) is 7.14. The van der Waals surface area contributed by atoms with Crippen LogP contribution in [-0.2, 0) is 4.79 Å². The fraction of sp³-hybridized carbons (Fsp3) is 0.556. The Kier molecular flexibility index (Phi) is 11.1. The molecule has 0 bridgehead atoms. The van der Waals surface area contributed by atoms with Gasteiger partial charge in [0.1, 0.15) is 0 Å². The number of halogens is 2.